The summed E-state index contributed by atoms with van der Waals surface area (Å²) in [4.78, 5) is 23.1. The molecule has 2 saturated heterocycles. The maximum atomic E-state index is 12.5. The van der Waals surface area contributed by atoms with E-state index in [1.54, 1.807) is 0 Å². The van der Waals surface area contributed by atoms with Crippen LogP contribution in [0.2, 0.25) is 0 Å². The van der Waals surface area contributed by atoms with Crippen LogP contribution >= 0.6 is 0 Å². The Morgan fingerprint density at radius 3 is 2.78 bits per heavy atom. The molecule has 8 heteroatoms. The van der Waals surface area contributed by atoms with E-state index in [-0.39, 0.29) is 30.7 Å². The van der Waals surface area contributed by atoms with E-state index < -0.39 is 6.10 Å². The van der Waals surface area contributed by atoms with Crippen LogP contribution in [0.1, 0.15) is 43.6 Å². The highest BCUT2D eigenvalue weighted by Crippen LogP contribution is 2.38. The van der Waals surface area contributed by atoms with Gasteiger partial charge in [-0.3, -0.25) is 9.59 Å². The van der Waals surface area contributed by atoms with Gasteiger partial charge in [-0.25, -0.2) is 0 Å². The van der Waals surface area contributed by atoms with E-state index in [4.69, 9.17) is 18.9 Å². The van der Waals surface area contributed by atoms with Crippen LogP contribution in [0, 0.1) is 0 Å². The molecule has 2 heterocycles. The number of aldehydes is 1. The van der Waals surface area contributed by atoms with Gasteiger partial charge in [-0.1, -0.05) is 18.2 Å². The van der Waals surface area contributed by atoms with Crippen molar-refractivity contribution in [1.82, 2.24) is 10.6 Å². The number of rotatable bonds is 9. The zero-order chi connectivity index (χ0) is 22.2. The van der Waals surface area contributed by atoms with Crippen molar-refractivity contribution in [1.29, 1.82) is 0 Å². The maximum Gasteiger partial charge on any atom is 0.251 e. The van der Waals surface area contributed by atoms with Crippen LogP contribution in [-0.2, 0) is 23.8 Å². The minimum atomic E-state index is -0.514. The first-order chi connectivity index (χ1) is 15.7. The van der Waals surface area contributed by atoms with Gasteiger partial charge in [-0.15, -0.1) is 0 Å². The summed E-state index contributed by atoms with van der Waals surface area (Å²) in [7, 11) is 0. The topological polar surface area (TPSA) is 95.1 Å². The summed E-state index contributed by atoms with van der Waals surface area (Å²) in [5, 5.41) is 6.57. The van der Waals surface area contributed by atoms with Crippen molar-refractivity contribution in [2.75, 3.05) is 39.6 Å². The van der Waals surface area contributed by atoms with Gasteiger partial charge in [-0.05, 0) is 56.2 Å². The molecule has 8 nitrogen and oxygen atoms in total. The minimum Gasteiger partial charge on any atom is -0.486 e. The van der Waals surface area contributed by atoms with Gasteiger partial charge in [-0.2, -0.15) is 0 Å². The second kappa shape index (κ2) is 11.7. The van der Waals surface area contributed by atoms with Gasteiger partial charge in [0.25, 0.3) is 5.91 Å². The third-order valence-electron chi connectivity index (χ3n) is 6.63. The molecule has 0 bridgehead atoms. The summed E-state index contributed by atoms with van der Waals surface area (Å²) in [6.07, 6.45) is 5.42. The van der Waals surface area contributed by atoms with Crippen LogP contribution in [-0.4, -0.2) is 76.1 Å². The minimum absolute atomic E-state index is 0.0474. The van der Waals surface area contributed by atoms with E-state index >= 15 is 0 Å². The highest BCUT2D eigenvalue weighted by atomic mass is 16.6. The lowest BCUT2D eigenvalue weighted by Crippen LogP contribution is -2.51. The Bertz CT molecular complexity index is 746. The number of carbonyl (C=O) groups is 2. The molecule has 1 aliphatic carbocycles. The van der Waals surface area contributed by atoms with Gasteiger partial charge >= 0.3 is 0 Å². The summed E-state index contributed by atoms with van der Waals surface area (Å²) >= 11 is 0. The molecule has 1 aromatic rings. The number of hydrogen-bond donors (Lipinski definition) is 2. The van der Waals surface area contributed by atoms with E-state index in [1.807, 2.05) is 18.2 Å². The maximum absolute atomic E-state index is 12.5. The van der Waals surface area contributed by atoms with Crippen LogP contribution < -0.4 is 15.4 Å². The Hall–Kier alpha value is -2.00. The Labute approximate surface area is 189 Å². The zero-order valence-electron chi connectivity index (χ0n) is 18.5. The lowest BCUT2D eigenvalue weighted by molar-refractivity contribution is -0.148. The molecule has 1 saturated carbocycles. The molecule has 2 N–H and O–H groups in total. The van der Waals surface area contributed by atoms with Crippen molar-refractivity contribution in [3.05, 3.63) is 29.8 Å². The smallest absolute Gasteiger partial charge is 0.251 e. The molecule has 0 spiro atoms. The van der Waals surface area contributed by atoms with Gasteiger partial charge in [0.2, 0.25) is 0 Å². The number of nitrogens with one attached hydrogen (secondary N) is 2. The number of hydrogen-bond acceptors (Lipinski definition) is 7. The number of benzene rings is 1. The van der Waals surface area contributed by atoms with Gasteiger partial charge in [0, 0.05) is 6.04 Å². The summed E-state index contributed by atoms with van der Waals surface area (Å²) in [5.74, 6) is 1.14. The van der Waals surface area contributed by atoms with Crippen molar-refractivity contribution in [2.24, 2.45) is 0 Å². The standard InChI is InChI=1S/C24H34N2O6/c27-11-12-30-22-4-2-1-3-19(22)17-5-7-18(8-6-17)32-15-21-20(9-10-25-21)26-24(28)23-16-29-13-14-31-23/h1-4,11,17-18,20-21,23,25H,5-10,12-16H2,(H,26,28)/t17?,18?,20-,21-,23+/m0/s1. The molecule has 32 heavy (non-hydrogen) atoms. The first-order valence-electron chi connectivity index (χ1n) is 11.7. The van der Waals surface area contributed by atoms with Crippen LogP contribution in [0.3, 0.4) is 0 Å². The highest BCUT2D eigenvalue weighted by Gasteiger charge is 2.33. The molecular weight excluding hydrogens is 412 g/mol. The third kappa shape index (κ3) is 6.07. The Morgan fingerprint density at radius 1 is 1.16 bits per heavy atom. The fraction of sp³-hybridized carbons (Fsp3) is 0.667. The van der Waals surface area contributed by atoms with E-state index in [0.717, 1.165) is 50.7 Å². The molecule has 2 aliphatic heterocycles. The number of amides is 1. The Balaban J connectivity index is 1.22. The monoisotopic (exact) mass is 446 g/mol. The molecule has 3 atom stereocenters. The zero-order valence-corrected chi connectivity index (χ0v) is 18.5. The number of carbonyl (C=O) groups excluding carboxylic acids is 2. The Morgan fingerprint density at radius 2 is 2.00 bits per heavy atom. The highest BCUT2D eigenvalue weighted by molar-refractivity contribution is 5.81. The quantitative estimate of drug-likeness (QED) is 0.556. The molecule has 0 radical (unpaired) electrons. The van der Waals surface area contributed by atoms with Crippen LogP contribution in [0.4, 0.5) is 0 Å². The summed E-state index contributed by atoms with van der Waals surface area (Å²) < 4.78 is 22.7. The lowest BCUT2D eigenvalue weighted by Gasteiger charge is -2.31. The fourth-order valence-corrected chi connectivity index (χ4v) is 4.88. The average molecular weight is 447 g/mol. The third-order valence-corrected chi connectivity index (χ3v) is 6.63. The Kier molecular flexibility index (Phi) is 8.50. The second-order valence-electron chi connectivity index (χ2n) is 8.72. The van der Waals surface area contributed by atoms with E-state index in [9.17, 15) is 9.59 Å². The van der Waals surface area contributed by atoms with Gasteiger partial charge in [0.15, 0.2) is 12.4 Å². The van der Waals surface area contributed by atoms with Gasteiger partial charge < -0.3 is 29.6 Å². The average Bonchev–Trinajstić information content (AvgIpc) is 3.29. The van der Waals surface area contributed by atoms with Crippen LogP contribution in [0.25, 0.3) is 0 Å². The predicted octanol–water partition coefficient (Wildman–Crippen LogP) is 1.57. The number of ether oxygens (including phenoxy) is 4. The molecule has 3 fully saturated rings. The molecule has 1 aromatic carbocycles. The molecule has 3 aliphatic rings. The summed E-state index contributed by atoms with van der Waals surface area (Å²) in [6.45, 7) is 2.86. The first-order valence-corrected chi connectivity index (χ1v) is 11.7. The molecule has 4 rings (SSSR count). The van der Waals surface area contributed by atoms with Crippen LogP contribution in [0.5, 0.6) is 5.75 Å². The summed E-state index contributed by atoms with van der Waals surface area (Å²) in [5.41, 5.74) is 1.18. The van der Waals surface area contributed by atoms with Gasteiger partial charge in [0.1, 0.15) is 12.4 Å². The molecule has 0 unspecified atom stereocenters. The normalized spacial score (nSPS) is 30.6. The second-order valence-corrected chi connectivity index (χ2v) is 8.72. The van der Waals surface area contributed by atoms with Crippen molar-refractivity contribution in [2.45, 2.75) is 62.3 Å². The molecule has 0 aromatic heterocycles. The molecular formula is C24H34N2O6. The molecule has 1 amide bonds. The SMILES string of the molecule is O=CCOc1ccccc1C1CCC(OC[C@@H]2NCC[C@@H]2NC(=O)[C@H]2COCCO2)CC1. The lowest BCUT2D eigenvalue weighted by atomic mass is 9.82. The van der Waals surface area contributed by atoms with Crippen molar-refractivity contribution in [3.8, 4) is 5.75 Å². The van der Waals surface area contributed by atoms with E-state index in [2.05, 4.69) is 16.7 Å². The summed E-state index contributed by atoms with van der Waals surface area (Å²) in [6, 6.07) is 8.16. The van der Waals surface area contributed by atoms with E-state index in [1.165, 1.54) is 5.56 Å². The predicted molar refractivity (Wildman–Crippen MR) is 118 cm³/mol. The van der Waals surface area contributed by atoms with Gasteiger partial charge in [0.05, 0.1) is 38.6 Å². The van der Waals surface area contributed by atoms with Crippen molar-refractivity contribution >= 4 is 12.2 Å². The fourth-order valence-electron chi connectivity index (χ4n) is 4.88. The first kappa shape index (κ1) is 23.2. The largest absolute Gasteiger partial charge is 0.486 e. The van der Waals surface area contributed by atoms with Crippen LogP contribution in [0.15, 0.2) is 24.3 Å². The molecule has 176 valence electrons. The van der Waals surface area contributed by atoms with Crippen molar-refractivity contribution in [3.63, 3.8) is 0 Å². The van der Waals surface area contributed by atoms with Crippen molar-refractivity contribution < 1.29 is 28.5 Å². The van der Waals surface area contributed by atoms with E-state index in [0.29, 0.717) is 32.3 Å². The number of para-hydroxylation sites is 1.